The Morgan fingerprint density at radius 2 is 2.11 bits per heavy atom. The highest BCUT2D eigenvalue weighted by atomic mass is 16.6. The minimum Gasteiger partial charge on any atom is -0.506 e. The second-order valence-electron chi connectivity index (χ2n) is 3.87. The number of phenolic OH excluding ortho intramolecular Hbond substituents is 1. The van der Waals surface area contributed by atoms with E-state index in [0.29, 0.717) is 0 Å². The quantitative estimate of drug-likeness (QED) is 0.502. The van der Waals surface area contributed by atoms with Crippen LogP contribution < -0.4 is 5.32 Å². The van der Waals surface area contributed by atoms with E-state index in [4.69, 9.17) is 4.42 Å². The van der Waals surface area contributed by atoms with Crippen LogP contribution in [0.3, 0.4) is 0 Å². The predicted molar refractivity (Wildman–Crippen MR) is 66.2 cm³/mol. The molecule has 1 aromatic heterocycles. The third-order valence-electron chi connectivity index (χ3n) is 2.40. The molecule has 2 rings (SSSR count). The van der Waals surface area contributed by atoms with Gasteiger partial charge >= 0.3 is 5.88 Å². The summed E-state index contributed by atoms with van der Waals surface area (Å²) in [6, 6.07) is 7.00. The number of carbonyl (C=O) groups excluding carboxylic acids is 1. The van der Waals surface area contributed by atoms with Gasteiger partial charge in [0.25, 0.3) is 5.91 Å². The van der Waals surface area contributed by atoms with Crippen LogP contribution in [0, 0.1) is 17.0 Å². The zero-order chi connectivity index (χ0) is 14.0. The molecule has 0 aliphatic rings. The molecule has 2 N–H and O–H groups in total. The zero-order valence-corrected chi connectivity index (χ0v) is 9.91. The normalized spacial score (nSPS) is 10.2. The SMILES string of the molecule is Cc1ccc(NC(=O)c2ccc([N+](=O)[O-])o2)c(O)c1. The number of rotatable bonds is 3. The third kappa shape index (κ3) is 2.71. The van der Waals surface area contributed by atoms with Gasteiger partial charge < -0.3 is 14.8 Å². The van der Waals surface area contributed by atoms with Crippen molar-refractivity contribution in [2.24, 2.45) is 0 Å². The Kier molecular flexibility index (Phi) is 3.19. The van der Waals surface area contributed by atoms with Crippen LogP contribution in [0.2, 0.25) is 0 Å². The van der Waals surface area contributed by atoms with Gasteiger partial charge in [-0.15, -0.1) is 0 Å². The minimum absolute atomic E-state index is 0.0885. The fourth-order valence-electron chi connectivity index (χ4n) is 1.48. The molecule has 0 bridgehead atoms. The van der Waals surface area contributed by atoms with Gasteiger partial charge in [-0.25, -0.2) is 0 Å². The standard InChI is InChI=1S/C12H10N2O5/c1-7-2-3-8(9(15)6-7)13-12(16)10-4-5-11(19-10)14(17)18/h2-6,15H,1H3,(H,13,16). The second-order valence-corrected chi connectivity index (χ2v) is 3.87. The van der Waals surface area contributed by atoms with E-state index in [2.05, 4.69) is 5.32 Å². The predicted octanol–water partition coefficient (Wildman–Crippen LogP) is 2.45. The number of aryl methyl sites for hydroxylation is 1. The number of carbonyl (C=O) groups is 1. The number of anilines is 1. The summed E-state index contributed by atoms with van der Waals surface area (Å²) in [6.45, 7) is 1.79. The van der Waals surface area contributed by atoms with Crippen molar-refractivity contribution in [1.82, 2.24) is 0 Å². The molecule has 1 aromatic carbocycles. The molecule has 0 unspecified atom stereocenters. The van der Waals surface area contributed by atoms with Crippen molar-refractivity contribution in [2.45, 2.75) is 6.92 Å². The topological polar surface area (TPSA) is 106 Å². The van der Waals surface area contributed by atoms with Crippen LogP contribution in [-0.4, -0.2) is 15.9 Å². The fourth-order valence-corrected chi connectivity index (χ4v) is 1.48. The molecule has 0 fully saturated rings. The van der Waals surface area contributed by atoms with Gasteiger partial charge in [0.05, 0.1) is 11.8 Å². The lowest BCUT2D eigenvalue weighted by Gasteiger charge is -2.06. The largest absolute Gasteiger partial charge is 0.506 e. The Hall–Kier alpha value is -2.83. The summed E-state index contributed by atoms with van der Waals surface area (Å²) in [5.74, 6) is -1.48. The van der Waals surface area contributed by atoms with Crippen molar-refractivity contribution in [3.05, 3.63) is 51.8 Å². The Morgan fingerprint density at radius 1 is 1.37 bits per heavy atom. The molecular weight excluding hydrogens is 252 g/mol. The second kappa shape index (κ2) is 4.81. The number of nitrogens with one attached hydrogen (secondary N) is 1. The van der Waals surface area contributed by atoms with Gasteiger partial charge in [-0.05, 0) is 30.7 Å². The monoisotopic (exact) mass is 262 g/mol. The Bertz CT molecular complexity index is 647. The molecule has 7 nitrogen and oxygen atoms in total. The molecule has 0 saturated heterocycles. The summed E-state index contributed by atoms with van der Waals surface area (Å²) in [6.07, 6.45) is 0. The van der Waals surface area contributed by atoms with Crippen LogP contribution in [0.25, 0.3) is 0 Å². The summed E-state index contributed by atoms with van der Waals surface area (Å²) < 4.78 is 4.75. The Labute approximate surface area is 107 Å². The molecule has 0 radical (unpaired) electrons. The third-order valence-corrected chi connectivity index (χ3v) is 2.40. The van der Waals surface area contributed by atoms with E-state index in [-0.39, 0.29) is 17.2 Å². The highest BCUT2D eigenvalue weighted by Gasteiger charge is 2.18. The average Bonchev–Trinajstić information content (AvgIpc) is 2.82. The number of hydrogen-bond acceptors (Lipinski definition) is 5. The molecule has 7 heteroatoms. The van der Waals surface area contributed by atoms with E-state index in [0.717, 1.165) is 11.6 Å². The lowest BCUT2D eigenvalue weighted by atomic mass is 10.2. The van der Waals surface area contributed by atoms with Crippen molar-refractivity contribution in [3.8, 4) is 5.75 Å². The number of amides is 1. The molecule has 0 spiro atoms. The van der Waals surface area contributed by atoms with Gasteiger partial charge in [0.2, 0.25) is 0 Å². The molecule has 0 aliphatic carbocycles. The molecule has 0 atom stereocenters. The van der Waals surface area contributed by atoms with Crippen LogP contribution in [0.5, 0.6) is 5.75 Å². The minimum atomic E-state index is -0.736. The molecule has 98 valence electrons. The van der Waals surface area contributed by atoms with Crippen LogP contribution in [0.15, 0.2) is 34.7 Å². The van der Waals surface area contributed by atoms with Crippen molar-refractivity contribution < 1.29 is 19.2 Å². The molecule has 0 saturated carbocycles. The molecule has 2 aromatic rings. The summed E-state index contributed by atoms with van der Waals surface area (Å²) in [4.78, 5) is 21.4. The van der Waals surface area contributed by atoms with Gasteiger partial charge in [-0.3, -0.25) is 14.9 Å². The first-order valence-electron chi connectivity index (χ1n) is 5.32. The lowest BCUT2D eigenvalue weighted by molar-refractivity contribution is -0.402. The van der Waals surface area contributed by atoms with E-state index < -0.39 is 16.7 Å². The fraction of sp³-hybridized carbons (Fsp3) is 0.0833. The zero-order valence-electron chi connectivity index (χ0n) is 9.91. The highest BCUT2D eigenvalue weighted by Crippen LogP contribution is 2.25. The van der Waals surface area contributed by atoms with Gasteiger partial charge in [0, 0.05) is 0 Å². The molecule has 0 aliphatic heterocycles. The first-order chi connectivity index (χ1) is 8.97. The van der Waals surface area contributed by atoms with Crippen molar-refractivity contribution in [1.29, 1.82) is 0 Å². The van der Waals surface area contributed by atoms with E-state index in [9.17, 15) is 20.0 Å². The van der Waals surface area contributed by atoms with Crippen LogP contribution in [0.4, 0.5) is 11.6 Å². The summed E-state index contributed by atoms with van der Waals surface area (Å²) in [5.41, 5.74) is 1.04. The first kappa shape index (κ1) is 12.6. The summed E-state index contributed by atoms with van der Waals surface area (Å²) >= 11 is 0. The van der Waals surface area contributed by atoms with E-state index in [1.807, 2.05) is 0 Å². The van der Waals surface area contributed by atoms with Crippen LogP contribution in [0.1, 0.15) is 16.1 Å². The highest BCUT2D eigenvalue weighted by molar-refractivity contribution is 6.03. The van der Waals surface area contributed by atoms with Crippen LogP contribution in [-0.2, 0) is 0 Å². The van der Waals surface area contributed by atoms with Crippen molar-refractivity contribution in [2.75, 3.05) is 5.32 Å². The average molecular weight is 262 g/mol. The maximum atomic E-state index is 11.7. The van der Waals surface area contributed by atoms with Gasteiger partial charge in [0.1, 0.15) is 10.7 Å². The number of hydrogen-bond donors (Lipinski definition) is 2. The molecule has 1 amide bonds. The summed E-state index contributed by atoms with van der Waals surface area (Å²) in [5, 5.41) is 22.5. The number of nitrogens with zero attached hydrogens (tertiary/aromatic N) is 1. The summed E-state index contributed by atoms with van der Waals surface area (Å²) in [7, 11) is 0. The Morgan fingerprint density at radius 3 is 2.68 bits per heavy atom. The maximum absolute atomic E-state index is 11.7. The van der Waals surface area contributed by atoms with Gasteiger partial charge in [-0.2, -0.15) is 0 Å². The van der Waals surface area contributed by atoms with E-state index in [1.54, 1.807) is 13.0 Å². The van der Waals surface area contributed by atoms with Crippen molar-refractivity contribution >= 4 is 17.5 Å². The molecular formula is C12H10N2O5. The van der Waals surface area contributed by atoms with Gasteiger partial charge in [-0.1, -0.05) is 6.07 Å². The lowest BCUT2D eigenvalue weighted by Crippen LogP contribution is -2.10. The van der Waals surface area contributed by atoms with E-state index >= 15 is 0 Å². The number of nitro groups is 1. The number of furan rings is 1. The smallest absolute Gasteiger partial charge is 0.433 e. The van der Waals surface area contributed by atoms with E-state index in [1.165, 1.54) is 18.2 Å². The Balaban J connectivity index is 2.18. The number of phenols is 1. The van der Waals surface area contributed by atoms with Crippen molar-refractivity contribution in [3.63, 3.8) is 0 Å². The number of benzene rings is 1. The van der Waals surface area contributed by atoms with Gasteiger partial charge in [0.15, 0.2) is 5.76 Å². The first-order valence-corrected chi connectivity index (χ1v) is 5.32. The molecule has 1 heterocycles. The number of aromatic hydroxyl groups is 1. The maximum Gasteiger partial charge on any atom is 0.433 e. The molecule has 19 heavy (non-hydrogen) atoms. The van der Waals surface area contributed by atoms with Crippen LogP contribution >= 0.6 is 0 Å².